The van der Waals surface area contributed by atoms with Gasteiger partial charge in [0, 0.05) is 17.3 Å². The molecule has 2 heterocycles. The normalized spacial score (nSPS) is 22.1. The van der Waals surface area contributed by atoms with E-state index in [1.807, 2.05) is 37.4 Å². The fourth-order valence-corrected chi connectivity index (χ4v) is 4.66. The van der Waals surface area contributed by atoms with Crippen molar-refractivity contribution in [3.8, 4) is 0 Å². The minimum atomic E-state index is -0.271. The van der Waals surface area contributed by atoms with Crippen LogP contribution in [0.25, 0.3) is 0 Å². The summed E-state index contributed by atoms with van der Waals surface area (Å²) in [4.78, 5) is 16.1. The van der Waals surface area contributed by atoms with Crippen LogP contribution in [-0.2, 0) is 4.79 Å². The van der Waals surface area contributed by atoms with Gasteiger partial charge in [0.15, 0.2) is 5.82 Å². The number of hydrogen-bond donors (Lipinski definition) is 0. The highest BCUT2D eigenvalue weighted by atomic mass is 32.2. The van der Waals surface area contributed by atoms with Gasteiger partial charge in [-0.2, -0.15) is 16.7 Å². The number of hydrogen-bond acceptors (Lipinski definition) is 6. The van der Waals surface area contributed by atoms with Gasteiger partial charge in [-0.3, -0.25) is 4.79 Å². The lowest BCUT2D eigenvalue weighted by Gasteiger charge is -2.17. The van der Waals surface area contributed by atoms with Crippen LogP contribution in [0.5, 0.6) is 0 Å². The Hall–Kier alpha value is -0.490. The standard InChI is InChI=1S/C12H18N2O2S2/c1-7(2)10(8(3)15)12-13-11(14-16-12)9-6-17-4-5-18-9/h7,9-10H,4-6H2,1-3H3. The Morgan fingerprint density at radius 3 is 2.78 bits per heavy atom. The molecular weight excluding hydrogens is 268 g/mol. The number of ketones is 1. The number of carbonyl (C=O) groups excluding carboxylic acids is 1. The van der Waals surface area contributed by atoms with E-state index in [1.54, 1.807) is 6.92 Å². The summed E-state index contributed by atoms with van der Waals surface area (Å²) in [6.45, 7) is 5.59. The molecule has 0 radical (unpaired) electrons. The highest BCUT2D eigenvalue weighted by Gasteiger charge is 2.29. The van der Waals surface area contributed by atoms with Crippen molar-refractivity contribution in [1.29, 1.82) is 0 Å². The molecule has 100 valence electrons. The predicted octanol–water partition coefficient (Wildman–Crippen LogP) is 2.92. The average molecular weight is 286 g/mol. The van der Waals surface area contributed by atoms with Gasteiger partial charge in [0.05, 0.1) is 11.2 Å². The van der Waals surface area contributed by atoms with Crippen molar-refractivity contribution >= 4 is 29.3 Å². The summed E-state index contributed by atoms with van der Waals surface area (Å²) in [6, 6.07) is 0. The zero-order chi connectivity index (χ0) is 13.1. The number of Topliss-reactive ketones (excluding diaryl/α,β-unsaturated/α-hetero) is 1. The van der Waals surface area contributed by atoms with Crippen LogP contribution in [0.2, 0.25) is 0 Å². The molecule has 0 saturated carbocycles. The van der Waals surface area contributed by atoms with Crippen molar-refractivity contribution in [2.24, 2.45) is 5.92 Å². The Bertz CT molecular complexity index is 414. The lowest BCUT2D eigenvalue weighted by Crippen LogP contribution is -2.16. The minimum Gasteiger partial charge on any atom is -0.339 e. The molecule has 0 N–H and O–H groups in total. The Morgan fingerprint density at radius 2 is 2.22 bits per heavy atom. The highest BCUT2D eigenvalue weighted by Crippen LogP contribution is 2.36. The van der Waals surface area contributed by atoms with Crippen LogP contribution in [0, 0.1) is 5.92 Å². The molecule has 1 aromatic heterocycles. The molecular formula is C12H18N2O2S2. The summed E-state index contributed by atoms with van der Waals surface area (Å²) in [5.74, 6) is 4.56. The van der Waals surface area contributed by atoms with Crippen LogP contribution in [0.4, 0.5) is 0 Å². The molecule has 4 nitrogen and oxygen atoms in total. The van der Waals surface area contributed by atoms with Crippen molar-refractivity contribution in [3.05, 3.63) is 11.7 Å². The topological polar surface area (TPSA) is 56.0 Å². The summed E-state index contributed by atoms with van der Waals surface area (Å²) < 4.78 is 5.30. The maximum atomic E-state index is 11.6. The molecule has 0 aliphatic carbocycles. The van der Waals surface area contributed by atoms with Crippen LogP contribution >= 0.6 is 23.5 Å². The smallest absolute Gasteiger partial charge is 0.237 e. The van der Waals surface area contributed by atoms with E-state index in [4.69, 9.17) is 4.52 Å². The maximum absolute atomic E-state index is 11.6. The molecule has 1 saturated heterocycles. The highest BCUT2D eigenvalue weighted by molar-refractivity contribution is 8.06. The van der Waals surface area contributed by atoms with Crippen LogP contribution in [0.3, 0.4) is 0 Å². The first-order valence-electron chi connectivity index (χ1n) is 6.13. The Labute approximate surface area is 116 Å². The molecule has 2 rings (SSSR count). The molecule has 0 bridgehead atoms. The summed E-state index contributed by atoms with van der Waals surface area (Å²) in [5.41, 5.74) is 0. The third-order valence-electron chi connectivity index (χ3n) is 2.93. The Morgan fingerprint density at radius 1 is 1.44 bits per heavy atom. The van der Waals surface area contributed by atoms with Gasteiger partial charge >= 0.3 is 0 Å². The molecule has 2 unspecified atom stereocenters. The van der Waals surface area contributed by atoms with E-state index >= 15 is 0 Å². The number of nitrogens with zero attached hydrogens (tertiary/aromatic N) is 2. The number of rotatable bonds is 4. The second kappa shape index (κ2) is 6.10. The zero-order valence-corrected chi connectivity index (χ0v) is 12.5. The van der Waals surface area contributed by atoms with E-state index in [0.29, 0.717) is 11.1 Å². The van der Waals surface area contributed by atoms with Gasteiger partial charge in [-0.25, -0.2) is 0 Å². The van der Waals surface area contributed by atoms with Gasteiger partial charge in [-0.1, -0.05) is 19.0 Å². The van der Waals surface area contributed by atoms with E-state index in [0.717, 1.165) is 17.3 Å². The molecule has 2 atom stereocenters. The quantitative estimate of drug-likeness (QED) is 0.848. The molecule has 1 fully saturated rings. The first kappa shape index (κ1) is 13.9. The second-order valence-electron chi connectivity index (χ2n) is 4.76. The van der Waals surface area contributed by atoms with E-state index in [2.05, 4.69) is 10.1 Å². The fourth-order valence-electron chi connectivity index (χ4n) is 2.07. The third-order valence-corrected chi connectivity index (χ3v) is 5.68. The third kappa shape index (κ3) is 3.09. The van der Waals surface area contributed by atoms with Gasteiger partial charge in [0.2, 0.25) is 5.89 Å². The molecule has 6 heteroatoms. The van der Waals surface area contributed by atoms with Crippen molar-refractivity contribution in [1.82, 2.24) is 10.1 Å². The van der Waals surface area contributed by atoms with Crippen LogP contribution in [0.1, 0.15) is 43.7 Å². The average Bonchev–Trinajstić information content (AvgIpc) is 2.78. The van der Waals surface area contributed by atoms with E-state index in [9.17, 15) is 4.79 Å². The predicted molar refractivity (Wildman–Crippen MR) is 75.1 cm³/mol. The SMILES string of the molecule is CC(=O)C(c1nc(C2CSCCS2)no1)C(C)C. The van der Waals surface area contributed by atoms with Gasteiger partial charge in [-0.15, -0.1) is 11.8 Å². The van der Waals surface area contributed by atoms with Crippen LogP contribution in [-0.4, -0.2) is 33.2 Å². The van der Waals surface area contributed by atoms with E-state index in [1.165, 1.54) is 5.75 Å². The molecule has 0 aromatic carbocycles. The molecule has 0 amide bonds. The van der Waals surface area contributed by atoms with Crippen LogP contribution in [0.15, 0.2) is 4.52 Å². The summed E-state index contributed by atoms with van der Waals surface area (Å²) >= 11 is 3.79. The molecule has 1 aromatic rings. The molecule has 18 heavy (non-hydrogen) atoms. The maximum Gasteiger partial charge on any atom is 0.237 e. The summed E-state index contributed by atoms with van der Waals surface area (Å²) in [6.07, 6.45) is 0. The largest absolute Gasteiger partial charge is 0.339 e. The number of thioether (sulfide) groups is 2. The molecule has 1 aliphatic rings. The minimum absolute atomic E-state index is 0.0888. The van der Waals surface area contributed by atoms with Crippen LogP contribution < -0.4 is 0 Å². The van der Waals surface area contributed by atoms with Gasteiger partial charge in [-0.05, 0) is 12.8 Å². The number of carbonyl (C=O) groups is 1. The van der Waals surface area contributed by atoms with Gasteiger partial charge in [0.25, 0.3) is 0 Å². The fraction of sp³-hybridized carbons (Fsp3) is 0.750. The second-order valence-corrected chi connectivity index (χ2v) is 7.22. The van der Waals surface area contributed by atoms with Crippen molar-refractivity contribution < 1.29 is 9.32 Å². The summed E-state index contributed by atoms with van der Waals surface area (Å²) in [7, 11) is 0. The van der Waals surface area contributed by atoms with Gasteiger partial charge in [0.1, 0.15) is 5.78 Å². The monoisotopic (exact) mass is 286 g/mol. The first-order valence-corrected chi connectivity index (χ1v) is 8.33. The van der Waals surface area contributed by atoms with Crippen molar-refractivity contribution in [2.75, 3.05) is 17.3 Å². The Balaban J connectivity index is 2.15. The first-order chi connectivity index (χ1) is 8.59. The molecule has 1 aliphatic heterocycles. The summed E-state index contributed by atoms with van der Waals surface area (Å²) in [5, 5.41) is 4.36. The lowest BCUT2D eigenvalue weighted by molar-refractivity contribution is -0.119. The Kier molecular flexibility index (Phi) is 4.72. The van der Waals surface area contributed by atoms with E-state index < -0.39 is 0 Å². The van der Waals surface area contributed by atoms with E-state index in [-0.39, 0.29) is 17.6 Å². The van der Waals surface area contributed by atoms with Crippen molar-refractivity contribution in [2.45, 2.75) is 31.9 Å². The zero-order valence-electron chi connectivity index (χ0n) is 10.9. The number of aromatic nitrogens is 2. The van der Waals surface area contributed by atoms with Crippen molar-refractivity contribution in [3.63, 3.8) is 0 Å². The lowest BCUT2D eigenvalue weighted by atomic mass is 9.92. The van der Waals surface area contributed by atoms with Gasteiger partial charge < -0.3 is 4.52 Å². The molecule has 0 spiro atoms.